The summed E-state index contributed by atoms with van der Waals surface area (Å²) in [6, 6.07) is 6.81. The average molecular weight is 461 g/mol. The third-order valence-corrected chi connectivity index (χ3v) is 8.06. The highest BCUT2D eigenvalue weighted by Crippen LogP contribution is 2.55. The summed E-state index contributed by atoms with van der Waals surface area (Å²) in [5.74, 6) is -0.838. The van der Waals surface area contributed by atoms with Crippen molar-refractivity contribution in [3.63, 3.8) is 0 Å². The third kappa shape index (κ3) is 3.95. The fourth-order valence-corrected chi connectivity index (χ4v) is 5.97. The molecule has 3 aliphatic rings. The number of carboxylic acids is 1. The number of ether oxygens (including phenoxy) is 1. The number of rotatable bonds is 8. The number of fused-ring (bicyclic) bond motifs is 3. The molecule has 0 aromatic heterocycles. The molecular weight excluding hydrogens is 435 g/mol. The fraction of sp³-hybridized carbons (Fsp3) is 0.435. The van der Waals surface area contributed by atoms with Gasteiger partial charge in [-0.2, -0.15) is 0 Å². The number of aryl methyl sites for hydroxylation is 1. The summed E-state index contributed by atoms with van der Waals surface area (Å²) in [6.07, 6.45) is 3.24. The molecule has 0 radical (unpaired) electrons. The summed E-state index contributed by atoms with van der Waals surface area (Å²) in [5.41, 5.74) is 0.962. The van der Waals surface area contributed by atoms with Crippen molar-refractivity contribution in [3.05, 3.63) is 52.8 Å². The van der Waals surface area contributed by atoms with Crippen LogP contribution in [0.3, 0.4) is 0 Å². The Balaban J connectivity index is 1.44. The van der Waals surface area contributed by atoms with Crippen LogP contribution in [0.5, 0.6) is 5.75 Å². The summed E-state index contributed by atoms with van der Waals surface area (Å²) in [7, 11) is -4.14. The second-order valence-electron chi connectivity index (χ2n) is 8.78. The molecule has 1 saturated heterocycles. The topological polar surface area (TPSA) is 95.9 Å². The Morgan fingerprint density at radius 2 is 2.06 bits per heavy atom. The Labute approximate surface area is 186 Å². The number of benzene rings is 2. The van der Waals surface area contributed by atoms with Gasteiger partial charge in [-0.3, -0.25) is 4.72 Å². The second kappa shape index (κ2) is 8.04. The van der Waals surface area contributed by atoms with E-state index in [2.05, 4.69) is 9.62 Å². The van der Waals surface area contributed by atoms with E-state index in [9.17, 15) is 22.7 Å². The van der Waals surface area contributed by atoms with Gasteiger partial charge in [0, 0.05) is 5.92 Å². The van der Waals surface area contributed by atoms with Gasteiger partial charge in [-0.25, -0.2) is 17.6 Å². The van der Waals surface area contributed by atoms with Gasteiger partial charge in [0.15, 0.2) is 0 Å². The molecule has 2 N–H and O–H groups in total. The van der Waals surface area contributed by atoms with Gasteiger partial charge in [0.1, 0.15) is 17.1 Å². The summed E-state index contributed by atoms with van der Waals surface area (Å²) in [6.45, 7) is 3.34. The molecule has 2 heterocycles. The lowest BCUT2D eigenvalue weighted by Gasteiger charge is -2.30. The van der Waals surface area contributed by atoms with E-state index in [1.165, 1.54) is 24.6 Å². The molecule has 2 aromatic carbocycles. The molecule has 5 rings (SSSR count). The molecule has 170 valence electrons. The zero-order chi connectivity index (χ0) is 22.5. The Kier molecular flexibility index (Phi) is 5.33. The number of halogens is 1. The lowest BCUT2D eigenvalue weighted by Crippen LogP contribution is -2.37. The zero-order valence-electron chi connectivity index (χ0n) is 17.5. The second-order valence-corrected chi connectivity index (χ2v) is 10.4. The van der Waals surface area contributed by atoms with Crippen molar-refractivity contribution in [2.24, 2.45) is 5.92 Å². The van der Waals surface area contributed by atoms with Crippen molar-refractivity contribution >= 4 is 21.7 Å². The van der Waals surface area contributed by atoms with E-state index in [1.807, 2.05) is 0 Å². The van der Waals surface area contributed by atoms with Crippen LogP contribution in [0.15, 0.2) is 35.2 Å². The maximum Gasteiger partial charge on any atom is 0.341 e. The minimum Gasteiger partial charge on any atom is -0.492 e. The number of likely N-dealkylation sites (tertiary alicyclic amines) is 1. The van der Waals surface area contributed by atoms with Crippen molar-refractivity contribution in [1.82, 2.24) is 4.90 Å². The Hall–Kier alpha value is -2.65. The van der Waals surface area contributed by atoms with Crippen LogP contribution in [0, 0.1) is 11.7 Å². The van der Waals surface area contributed by atoms with Crippen molar-refractivity contribution in [2.75, 3.05) is 31.0 Å². The molecule has 9 heteroatoms. The Morgan fingerprint density at radius 1 is 1.25 bits per heavy atom. The molecule has 2 aliphatic heterocycles. The van der Waals surface area contributed by atoms with E-state index in [0.717, 1.165) is 37.7 Å². The lowest BCUT2D eigenvalue weighted by molar-refractivity contribution is 0.0692. The van der Waals surface area contributed by atoms with Crippen molar-refractivity contribution in [3.8, 4) is 5.75 Å². The highest BCUT2D eigenvalue weighted by Gasteiger charge is 2.45. The molecule has 0 spiro atoms. The first-order chi connectivity index (χ1) is 15.3. The van der Waals surface area contributed by atoms with E-state index in [4.69, 9.17) is 4.74 Å². The molecule has 0 amide bonds. The smallest absolute Gasteiger partial charge is 0.341 e. The number of sulfonamides is 1. The van der Waals surface area contributed by atoms with Crippen LogP contribution >= 0.6 is 0 Å². The van der Waals surface area contributed by atoms with Crippen LogP contribution in [0.2, 0.25) is 0 Å². The first kappa shape index (κ1) is 21.2. The predicted molar refractivity (Wildman–Crippen MR) is 116 cm³/mol. The predicted octanol–water partition coefficient (Wildman–Crippen LogP) is 3.46. The number of carbonyl (C=O) groups is 1. The van der Waals surface area contributed by atoms with E-state index >= 15 is 0 Å². The SMILES string of the molecule is O=C(O)c1c(NS(=O)(=O)c2ccc(F)cc2CCCN2CCC2)ccc2c1OC[C@@H]1C[C@H]21. The van der Waals surface area contributed by atoms with Gasteiger partial charge < -0.3 is 14.7 Å². The molecule has 7 nitrogen and oxygen atoms in total. The molecule has 2 atom stereocenters. The van der Waals surface area contributed by atoms with Crippen LogP contribution in [0.1, 0.15) is 46.7 Å². The average Bonchev–Trinajstić information content (AvgIpc) is 3.49. The number of nitrogens with zero attached hydrogens (tertiary/aromatic N) is 1. The van der Waals surface area contributed by atoms with E-state index < -0.39 is 21.8 Å². The maximum atomic E-state index is 13.9. The van der Waals surface area contributed by atoms with Gasteiger partial charge in [-0.15, -0.1) is 0 Å². The van der Waals surface area contributed by atoms with Gasteiger partial charge in [0.2, 0.25) is 0 Å². The highest BCUT2D eigenvalue weighted by atomic mass is 32.2. The normalized spacial score (nSPS) is 21.7. The van der Waals surface area contributed by atoms with E-state index in [0.29, 0.717) is 30.9 Å². The maximum absolute atomic E-state index is 13.9. The van der Waals surface area contributed by atoms with Crippen molar-refractivity contribution in [1.29, 1.82) is 0 Å². The van der Waals surface area contributed by atoms with Gasteiger partial charge in [0.25, 0.3) is 10.0 Å². The van der Waals surface area contributed by atoms with E-state index in [-0.39, 0.29) is 27.8 Å². The van der Waals surface area contributed by atoms with Gasteiger partial charge in [-0.1, -0.05) is 6.07 Å². The number of carboxylic acid groups (broad SMARTS) is 1. The zero-order valence-corrected chi connectivity index (χ0v) is 18.3. The van der Waals surface area contributed by atoms with Crippen LogP contribution in [0.25, 0.3) is 0 Å². The number of aromatic carboxylic acids is 1. The van der Waals surface area contributed by atoms with Crippen molar-refractivity contribution < 1.29 is 27.4 Å². The summed E-state index contributed by atoms with van der Waals surface area (Å²) in [4.78, 5) is 14.2. The van der Waals surface area contributed by atoms with Gasteiger partial charge in [-0.05, 0) is 86.6 Å². The highest BCUT2D eigenvalue weighted by molar-refractivity contribution is 7.92. The first-order valence-corrected chi connectivity index (χ1v) is 12.4. The monoisotopic (exact) mass is 460 g/mol. The van der Waals surface area contributed by atoms with Crippen LogP contribution in [0.4, 0.5) is 10.1 Å². The molecule has 1 aliphatic carbocycles. The number of hydrogen-bond acceptors (Lipinski definition) is 5. The number of anilines is 1. The summed E-state index contributed by atoms with van der Waals surface area (Å²) in [5, 5.41) is 9.81. The molecule has 0 bridgehead atoms. The molecular formula is C23H25FN2O5S. The molecule has 32 heavy (non-hydrogen) atoms. The number of hydrogen-bond donors (Lipinski definition) is 2. The van der Waals surface area contributed by atoms with Crippen LogP contribution in [-0.2, 0) is 16.4 Å². The third-order valence-electron chi connectivity index (χ3n) is 6.59. The molecule has 1 saturated carbocycles. The largest absolute Gasteiger partial charge is 0.492 e. The minimum atomic E-state index is -4.14. The van der Waals surface area contributed by atoms with Crippen LogP contribution < -0.4 is 9.46 Å². The molecule has 0 unspecified atom stereocenters. The first-order valence-electron chi connectivity index (χ1n) is 10.9. The number of nitrogens with one attached hydrogen (secondary N) is 1. The Morgan fingerprint density at radius 3 is 2.78 bits per heavy atom. The lowest BCUT2D eigenvalue weighted by atomic mass is 10.0. The minimum absolute atomic E-state index is 0.0419. The van der Waals surface area contributed by atoms with Gasteiger partial charge in [0.05, 0.1) is 17.2 Å². The van der Waals surface area contributed by atoms with Crippen molar-refractivity contribution in [2.45, 2.75) is 36.5 Å². The standard InChI is InChI=1S/C23H25FN2O5S/c24-16-4-7-20(14(11-16)3-1-8-26-9-2-10-26)32(29,30)25-19-6-5-17-18-12-15(18)13-31-22(17)21(19)23(27)28/h4-7,11,15,18,25H,1-3,8-10,12-13H2,(H,27,28)/t15-,18-/m0/s1. The summed E-state index contributed by atoms with van der Waals surface area (Å²) < 4.78 is 48.5. The Bertz CT molecular complexity index is 1180. The van der Waals surface area contributed by atoms with E-state index in [1.54, 1.807) is 6.07 Å². The fourth-order valence-electron chi connectivity index (χ4n) is 4.65. The summed E-state index contributed by atoms with van der Waals surface area (Å²) >= 11 is 0. The molecule has 2 aromatic rings. The quantitative estimate of drug-likeness (QED) is 0.626. The molecule has 2 fully saturated rings. The van der Waals surface area contributed by atoms with Gasteiger partial charge >= 0.3 is 5.97 Å². The van der Waals surface area contributed by atoms with Crippen LogP contribution in [-0.4, -0.2) is 50.6 Å².